The molecule has 1 heterocycles. The lowest BCUT2D eigenvalue weighted by molar-refractivity contribution is -0.918. The third-order valence-corrected chi connectivity index (χ3v) is 5.25. The first-order valence-corrected chi connectivity index (χ1v) is 9.50. The third kappa shape index (κ3) is 4.06. The summed E-state index contributed by atoms with van der Waals surface area (Å²) in [6.07, 6.45) is 2.01. The van der Waals surface area contributed by atoms with Crippen molar-refractivity contribution in [3.8, 4) is 0 Å². The number of quaternary nitrogens is 1. The Bertz CT molecular complexity index is 891. The summed E-state index contributed by atoms with van der Waals surface area (Å²) < 4.78 is 0. The van der Waals surface area contributed by atoms with Crippen LogP contribution in [0.25, 0.3) is 10.8 Å². The Labute approximate surface area is 159 Å². The molecule has 0 aliphatic carbocycles. The number of benzene rings is 3. The lowest BCUT2D eigenvalue weighted by Crippen LogP contribution is -3.13. The van der Waals surface area contributed by atoms with E-state index in [2.05, 4.69) is 59.6 Å². The molecule has 0 amide bonds. The molecule has 0 radical (unpaired) electrons. The minimum Gasteiger partial charge on any atom is -0.328 e. The second-order valence-corrected chi connectivity index (χ2v) is 7.26. The van der Waals surface area contributed by atoms with E-state index in [-0.39, 0.29) is 0 Å². The minimum atomic E-state index is 0.802. The molecule has 1 saturated heterocycles. The van der Waals surface area contributed by atoms with E-state index >= 15 is 0 Å². The van der Waals surface area contributed by atoms with E-state index in [1.165, 1.54) is 21.9 Å². The number of nitrogens with one attached hydrogen (secondary N) is 1. The molecule has 1 aliphatic rings. The molecule has 0 bridgehead atoms. The van der Waals surface area contributed by atoms with Crippen LogP contribution in [0, 0.1) is 0 Å². The zero-order chi connectivity index (χ0) is 17.8. The Hall–Kier alpha value is -2.36. The molecule has 0 unspecified atom stereocenters. The first-order valence-electron chi connectivity index (χ1n) is 9.13. The van der Waals surface area contributed by atoms with Gasteiger partial charge in [-0.15, -0.1) is 0 Å². The Balaban J connectivity index is 1.36. The van der Waals surface area contributed by atoms with Gasteiger partial charge in [-0.2, -0.15) is 5.10 Å². The van der Waals surface area contributed by atoms with Crippen LogP contribution >= 0.6 is 11.6 Å². The van der Waals surface area contributed by atoms with E-state index in [9.17, 15) is 0 Å². The fraction of sp³-hybridized carbons (Fsp3) is 0.227. The molecule has 26 heavy (non-hydrogen) atoms. The van der Waals surface area contributed by atoms with Crippen LogP contribution in [0.3, 0.4) is 0 Å². The normalized spacial score (nSPS) is 15.8. The van der Waals surface area contributed by atoms with Crippen LogP contribution in [0.2, 0.25) is 5.02 Å². The fourth-order valence-electron chi connectivity index (χ4n) is 3.50. The summed E-state index contributed by atoms with van der Waals surface area (Å²) in [4.78, 5) is 1.60. The number of halogens is 1. The molecule has 0 spiro atoms. The molecule has 1 aliphatic heterocycles. The van der Waals surface area contributed by atoms with Crippen LogP contribution in [0.1, 0.15) is 11.1 Å². The lowest BCUT2D eigenvalue weighted by atomic mass is 10.1. The molecule has 132 valence electrons. The highest BCUT2D eigenvalue weighted by Gasteiger charge is 2.18. The van der Waals surface area contributed by atoms with Crippen molar-refractivity contribution in [2.45, 2.75) is 6.54 Å². The molecule has 3 aromatic carbocycles. The van der Waals surface area contributed by atoms with E-state index in [0.29, 0.717) is 0 Å². The summed E-state index contributed by atoms with van der Waals surface area (Å²) in [6, 6.07) is 23.0. The van der Waals surface area contributed by atoms with Crippen molar-refractivity contribution in [1.82, 2.24) is 5.01 Å². The summed E-state index contributed by atoms with van der Waals surface area (Å²) >= 11 is 5.97. The van der Waals surface area contributed by atoms with Gasteiger partial charge < -0.3 is 4.90 Å². The zero-order valence-corrected chi connectivity index (χ0v) is 15.5. The molecular formula is C22H23ClN3+. The molecule has 3 nitrogen and oxygen atoms in total. The SMILES string of the molecule is Clc1ccc(C[NH+]2CCN(/N=C\c3cccc4ccccc34)CC2)cc1. The predicted octanol–water partition coefficient (Wildman–Crippen LogP) is 3.23. The van der Waals surface area contributed by atoms with Gasteiger partial charge >= 0.3 is 0 Å². The van der Waals surface area contributed by atoms with Gasteiger partial charge in [-0.25, -0.2) is 0 Å². The van der Waals surface area contributed by atoms with Crippen molar-refractivity contribution in [2.24, 2.45) is 5.10 Å². The third-order valence-electron chi connectivity index (χ3n) is 5.00. The number of rotatable bonds is 4. The Morgan fingerprint density at radius 1 is 0.923 bits per heavy atom. The maximum Gasteiger partial charge on any atom is 0.103 e. The van der Waals surface area contributed by atoms with Crippen molar-refractivity contribution in [1.29, 1.82) is 0 Å². The predicted molar refractivity (Wildman–Crippen MR) is 109 cm³/mol. The van der Waals surface area contributed by atoms with Gasteiger partial charge in [0.1, 0.15) is 6.54 Å². The summed E-state index contributed by atoms with van der Waals surface area (Å²) in [7, 11) is 0. The van der Waals surface area contributed by atoms with Crippen molar-refractivity contribution in [3.63, 3.8) is 0 Å². The van der Waals surface area contributed by atoms with Crippen molar-refractivity contribution in [2.75, 3.05) is 26.2 Å². The van der Waals surface area contributed by atoms with E-state index in [1.807, 2.05) is 18.3 Å². The largest absolute Gasteiger partial charge is 0.328 e. The first-order chi connectivity index (χ1) is 12.8. The van der Waals surface area contributed by atoms with Crippen molar-refractivity contribution < 1.29 is 4.90 Å². The lowest BCUT2D eigenvalue weighted by Gasteiger charge is -2.30. The van der Waals surface area contributed by atoms with E-state index in [1.54, 1.807) is 4.90 Å². The van der Waals surface area contributed by atoms with Gasteiger partial charge in [0, 0.05) is 16.1 Å². The summed E-state index contributed by atoms with van der Waals surface area (Å²) in [6.45, 7) is 5.25. The number of nitrogens with zero attached hydrogens (tertiary/aromatic N) is 2. The van der Waals surface area contributed by atoms with Gasteiger partial charge in [0.05, 0.1) is 32.4 Å². The Morgan fingerprint density at radius 2 is 1.65 bits per heavy atom. The first kappa shape index (κ1) is 17.1. The van der Waals surface area contributed by atoms with Gasteiger partial charge in [0.2, 0.25) is 0 Å². The highest BCUT2D eigenvalue weighted by Crippen LogP contribution is 2.17. The van der Waals surface area contributed by atoms with E-state index in [4.69, 9.17) is 16.7 Å². The monoisotopic (exact) mass is 364 g/mol. The summed E-state index contributed by atoms with van der Waals surface area (Å²) in [5.74, 6) is 0. The van der Waals surface area contributed by atoms with Gasteiger partial charge in [-0.3, -0.25) is 5.01 Å². The Kier molecular flexibility index (Phi) is 5.19. The van der Waals surface area contributed by atoms with Crippen LogP contribution in [0.15, 0.2) is 71.8 Å². The van der Waals surface area contributed by atoms with Gasteiger partial charge in [-0.1, -0.05) is 66.2 Å². The molecule has 4 heteroatoms. The fourth-order valence-corrected chi connectivity index (χ4v) is 3.63. The number of fused-ring (bicyclic) bond motifs is 1. The summed E-state index contributed by atoms with van der Waals surface area (Å²) in [5.41, 5.74) is 2.52. The van der Waals surface area contributed by atoms with Gasteiger partial charge in [0.15, 0.2) is 0 Å². The van der Waals surface area contributed by atoms with Gasteiger partial charge in [-0.05, 0) is 22.9 Å². The van der Waals surface area contributed by atoms with Crippen LogP contribution in [0.4, 0.5) is 0 Å². The van der Waals surface area contributed by atoms with Crippen molar-refractivity contribution >= 4 is 28.6 Å². The maximum absolute atomic E-state index is 5.97. The van der Waals surface area contributed by atoms with Crippen molar-refractivity contribution in [3.05, 3.63) is 82.9 Å². The van der Waals surface area contributed by atoms with Crippen LogP contribution in [-0.4, -0.2) is 37.4 Å². The maximum atomic E-state index is 5.97. The number of hydrogen-bond acceptors (Lipinski definition) is 2. The molecule has 0 aromatic heterocycles. The van der Waals surface area contributed by atoms with E-state index in [0.717, 1.165) is 37.7 Å². The van der Waals surface area contributed by atoms with Gasteiger partial charge in [0.25, 0.3) is 0 Å². The molecule has 4 rings (SSSR count). The highest BCUT2D eigenvalue weighted by molar-refractivity contribution is 6.30. The molecule has 1 N–H and O–H groups in total. The topological polar surface area (TPSA) is 20.0 Å². The second-order valence-electron chi connectivity index (χ2n) is 6.82. The average molecular weight is 365 g/mol. The molecule has 1 fully saturated rings. The second kappa shape index (κ2) is 7.90. The van der Waals surface area contributed by atoms with E-state index < -0.39 is 0 Å². The quantitative estimate of drug-likeness (QED) is 0.705. The average Bonchev–Trinajstić information content (AvgIpc) is 2.69. The minimum absolute atomic E-state index is 0.802. The Morgan fingerprint density at radius 3 is 2.46 bits per heavy atom. The van der Waals surface area contributed by atoms with Crippen LogP contribution in [0.5, 0.6) is 0 Å². The summed E-state index contributed by atoms with van der Waals surface area (Å²) in [5, 5.41) is 10.2. The molecule has 0 atom stereocenters. The molecule has 3 aromatic rings. The number of hydrogen-bond donors (Lipinski definition) is 1. The van der Waals surface area contributed by atoms with Crippen LogP contribution < -0.4 is 4.90 Å². The smallest absolute Gasteiger partial charge is 0.103 e. The number of hydrazone groups is 1. The standard InChI is InChI=1S/C22H22ClN3/c23-21-10-8-18(9-11-21)17-25-12-14-26(15-13-25)24-16-20-6-3-5-19-4-1-2-7-22(19)20/h1-11,16H,12-15,17H2/p+1/b24-16-. The molecule has 0 saturated carbocycles. The number of piperazine rings is 1. The van der Waals surface area contributed by atoms with Crippen LogP contribution in [-0.2, 0) is 6.54 Å². The zero-order valence-electron chi connectivity index (χ0n) is 14.7. The molecular weight excluding hydrogens is 342 g/mol. The highest BCUT2D eigenvalue weighted by atomic mass is 35.5.